The van der Waals surface area contributed by atoms with Crippen molar-refractivity contribution in [2.75, 3.05) is 0 Å². The van der Waals surface area contributed by atoms with Crippen LogP contribution in [0.2, 0.25) is 10.0 Å². The fourth-order valence-electron chi connectivity index (χ4n) is 3.08. The summed E-state index contributed by atoms with van der Waals surface area (Å²) in [6, 6.07) is 4.18. The van der Waals surface area contributed by atoms with Crippen molar-refractivity contribution in [3.05, 3.63) is 58.1 Å². The van der Waals surface area contributed by atoms with E-state index in [-0.39, 0.29) is 34.0 Å². The monoisotopic (exact) mass is 552 g/mol. The lowest BCUT2D eigenvalue weighted by atomic mass is 10.1. The Hall–Kier alpha value is -0.160. The summed E-state index contributed by atoms with van der Waals surface area (Å²) >= 11 is 12.3. The standard InChI is InChI=1S/C22H32Cl2N2.2BrH/c1-19-11-15-25(17-21(19)23)13-9-7-5-3-4-6-8-10-14-26-16-12-20(2)22(24)18-26;;/h11-12,15-18H,3-10,13-14H2,1-2H3;2*1H/q+2;;/p-2. The lowest BCUT2D eigenvalue weighted by Gasteiger charge is -2.02. The third-order valence-corrected chi connectivity index (χ3v) is 5.72. The third kappa shape index (κ3) is 10.6. The van der Waals surface area contributed by atoms with Gasteiger partial charge in [-0.3, -0.25) is 0 Å². The summed E-state index contributed by atoms with van der Waals surface area (Å²) in [7, 11) is 0. The van der Waals surface area contributed by atoms with Gasteiger partial charge in [0.1, 0.15) is 23.1 Å². The molecule has 0 fully saturated rings. The fraction of sp³-hybridized carbons (Fsp3) is 0.545. The van der Waals surface area contributed by atoms with Gasteiger partial charge in [-0.25, -0.2) is 9.13 Å². The largest absolute Gasteiger partial charge is 1.00 e. The molecule has 0 aromatic carbocycles. The van der Waals surface area contributed by atoms with Crippen LogP contribution in [-0.2, 0) is 13.1 Å². The van der Waals surface area contributed by atoms with Crippen LogP contribution in [0.4, 0.5) is 0 Å². The molecule has 0 amide bonds. The van der Waals surface area contributed by atoms with Crippen molar-refractivity contribution in [3.8, 4) is 0 Å². The molecular weight excluding hydrogens is 523 g/mol. The van der Waals surface area contributed by atoms with Gasteiger partial charge < -0.3 is 34.0 Å². The SMILES string of the molecule is Cc1cc[n+](CCCCCCCCCC[n+]2ccc(C)c(Cl)c2)cc1Cl.[Br-].[Br-]. The van der Waals surface area contributed by atoms with Gasteiger partial charge in [-0.1, -0.05) is 48.9 Å². The van der Waals surface area contributed by atoms with Crippen molar-refractivity contribution in [1.82, 2.24) is 0 Å². The predicted octanol–water partition coefficient (Wildman–Crippen LogP) is 0.0142. The normalized spacial score (nSPS) is 10.3. The van der Waals surface area contributed by atoms with E-state index in [2.05, 4.69) is 33.7 Å². The lowest BCUT2D eigenvalue weighted by Crippen LogP contribution is -3.00. The lowest BCUT2D eigenvalue weighted by molar-refractivity contribution is -0.697. The number of hydrogen-bond acceptors (Lipinski definition) is 0. The van der Waals surface area contributed by atoms with Gasteiger partial charge in [0.15, 0.2) is 24.8 Å². The molecule has 0 saturated heterocycles. The molecule has 0 spiro atoms. The second kappa shape index (κ2) is 15.6. The van der Waals surface area contributed by atoms with Crippen LogP contribution in [0.25, 0.3) is 0 Å². The molecule has 2 aromatic rings. The van der Waals surface area contributed by atoms with Gasteiger partial charge in [0, 0.05) is 25.0 Å². The summed E-state index contributed by atoms with van der Waals surface area (Å²) < 4.78 is 4.40. The quantitative estimate of drug-likeness (QED) is 0.273. The highest BCUT2D eigenvalue weighted by Crippen LogP contribution is 2.12. The van der Waals surface area contributed by atoms with Crippen molar-refractivity contribution in [2.24, 2.45) is 0 Å². The Kier molecular flexibility index (Phi) is 15.6. The van der Waals surface area contributed by atoms with Crippen molar-refractivity contribution in [3.63, 3.8) is 0 Å². The maximum Gasteiger partial charge on any atom is 0.187 e. The number of rotatable bonds is 11. The molecule has 0 aliphatic carbocycles. The molecule has 0 aliphatic heterocycles. The Balaban J connectivity index is 0.00000364. The molecule has 2 heterocycles. The zero-order valence-corrected chi connectivity index (χ0v) is 21.6. The minimum absolute atomic E-state index is 0. The molecule has 0 saturated carbocycles. The first-order valence-electron chi connectivity index (χ1n) is 9.86. The molecule has 0 bridgehead atoms. The van der Waals surface area contributed by atoms with E-state index in [1.54, 1.807) is 0 Å². The Labute approximate surface area is 201 Å². The number of hydrogen-bond donors (Lipinski definition) is 0. The molecule has 0 radical (unpaired) electrons. The van der Waals surface area contributed by atoms with E-state index in [1.165, 1.54) is 51.4 Å². The molecule has 0 N–H and O–H groups in total. The molecule has 2 rings (SSSR count). The zero-order chi connectivity index (χ0) is 18.8. The van der Waals surface area contributed by atoms with Crippen molar-refractivity contribution in [1.29, 1.82) is 0 Å². The van der Waals surface area contributed by atoms with Crippen LogP contribution in [0.1, 0.15) is 62.5 Å². The molecule has 6 heteroatoms. The fourth-order valence-corrected chi connectivity index (χ4v) is 3.46. The minimum atomic E-state index is 0. The first-order valence-corrected chi connectivity index (χ1v) is 10.6. The Morgan fingerprint density at radius 3 is 1.25 bits per heavy atom. The Bertz CT molecular complexity index is 637. The summed E-state index contributed by atoms with van der Waals surface area (Å²) in [5.41, 5.74) is 2.29. The summed E-state index contributed by atoms with van der Waals surface area (Å²) in [6.45, 7) is 6.22. The molecular formula is C22H32Br2Cl2N2. The first kappa shape index (κ1) is 27.8. The predicted molar refractivity (Wildman–Crippen MR) is 110 cm³/mol. The van der Waals surface area contributed by atoms with Gasteiger partial charge in [-0.2, -0.15) is 0 Å². The van der Waals surface area contributed by atoms with E-state index in [4.69, 9.17) is 23.2 Å². The highest BCUT2D eigenvalue weighted by Gasteiger charge is 2.05. The topological polar surface area (TPSA) is 7.76 Å². The molecule has 158 valence electrons. The number of halogens is 4. The smallest absolute Gasteiger partial charge is 0.187 e. The van der Waals surface area contributed by atoms with Gasteiger partial charge in [0.05, 0.1) is 0 Å². The van der Waals surface area contributed by atoms with E-state index in [9.17, 15) is 0 Å². The van der Waals surface area contributed by atoms with Crippen LogP contribution in [0.3, 0.4) is 0 Å². The van der Waals surface area contributed by atoms with Crippen LogP contribution >= 0.6 is 23.2 Å². The molecule has 2 aromatic heterocycles. The van der Waals surface area contributed by atoms with Crippen LogP contribution in [0, 0.1) is 13.8 Å². The van der Waals surface area contributed by atoms with E-state index >= 15 is 0 Å². The average molecular weight is 555 g/mol. The average Bonchev–Trinajstić information content (AvgIpc) is 2.62. The Morgan fingerprint density at radius 2 is 0.929 bits per heavy atom. The highest BCUT2D eigenvalue weighted by molar-refractivity contribution is 6.31. The van der Waals surface area contributed by atoms with Gasteiger partial charge in [-0.15, -0.1) is 0 Å². The van der Waals surface area contributed by atoms with E-state index in [0.29, 0.717) is 0 Å². The summed E-state index contributed by atoms with van der Waals surface area (Å²) in [5.74, 6) is 0. The van der Waals surface area contributed by atoms with E-state index in [0.717, 1.165) is 34.3 Å². The zero-order valence-electron chi connectivity index (χ0n) is 16.9. The Morgan fingerprint density at radius 1 is 0.607 bits per heavy atom. The van der Waals surface area contributed by atoms with Gasteiger partial charge >= 0.3 is 0 Å². The second-order valence-corrected chi connectivity index (χ2v) is 8.07. The maximum absolute atomic E-state index is 6.16. The van der Waals surface area contributed by atoms with Crippen LogP contribution in [0.15, 0.2) is 36.9 Å². The van der Waals surface area contributed by atoms with Crippen LogP contribution < -0.4 is 43.1 Å². The minimum Gasteiger partial charge on any atom is -1.00 e. The number of aryl methyl sites for hydroxylation is 4. The van der Waals surface area contributed by atoms with Gasteiger partial charge in [0.25, 0.3) is 0 Å². The van der Waals surface area contributed by atoms with Crippen molar-refractivity contribution < 1.29 is 43.1 Å². The van der Waals surface area contributed by atoms with Crippen molar-refractivity contribution >= 4 is 23.2 Å². The maximum atomic E-state index is 6.16. The van der Waals surface area contributed by atoms with Crippen LogP contribution in [-0.4, -0.2) is 0 Å². The third-order valence-electron chi connectivity index (χ3n) is 4.93. The van der Waals surface area contributed by atoms with Crippen molar-refractivity contribution in [2.45, 2.75) is 78.3 Å². The van der Waals surface area contributed by atoms with E-state index in [1.807, 2.05) is 26.2 Å². The number of pyridine rings is 2. The summed E-state index contributed by atoms with van der Waals surface area (Å²) in [4.78, 5) is 0. The van der Waals surface area contributed by atoms with Crippen LogP contribution in [0.5, 0.6) is 0 Å². The van der Waals surface area contributed by atoms with E-state index < -0.39 is 0 Å². The molecule has 2 nitrogen and oxygen atoms in total. The molecule has 0 unspecified atom stereocenters. The number of aromatic nitrogens is 2. The molecule has 0 aliphatic rings. The molecule has 28 heavy (non-hydrogen) atoms. The summed E-state index contributed by atoms with van der Waals surface area (Å²) in [6.07, 6.45) is 18.8. The first-order chi connectivity index (χ1) is 12.6. The van der Waals surface area contributed by atoms with Gasteiger partial charge in [0.2, 0.25) is 0 Å². The number of nitrogens with zero attached hydrogens (tertiary/aromatic N) is 2. The second-order valence-electron chi connectivity index (χ2n) is 7.26. The highest BCUT2D eigenvalue weighted by atomic mass is 79.9. The number of unbranched alkanes of at least 4 members (excludes halogenated alkanes) is 7. The summed E-state index contributed by atoms with van der Waals surface area (Å²) in [5, 5.41) is 1.72. The van der Waals surface area contributed by atoms with Gasteiger partial charge in [-0.05, 0) is 37.8 Å². The molecule has 0 atom stereocenters.